The Kier molecular flexibility index (Phi) is 9.02. The summed E-state index contributed by atoms with van der Waals surface area (Å²) in [4.78, 5) is 35.8. The Morgan fingerprint density at radius 1 is 1.10 bits per heavy atom. The number of nitrogens with zero attached hydrogens (tertiary/aromatic N) is 7. The number of benzene rings is 1. The highest BCUT2D eigenvalue weighted by molar-refractivity contribution is 5.97. The lowest BCUT2D eigenvalue weighted by atomic mass is 9.61. The average Bonchev–Trinajstić information content (AvgIpc) is 3.45. The number of halogens is 1. The maximum atomic E-state index is 14.3. The Morgan fingerprint density at radius 2 is 1.92 bits per heavy atom. The van der Waals surface area contributed by atoms with Crippen molar-refractivity contribution in [1.29, 1.82) is 0 Å². The van der Waals surface area contributed by atoms with Gasteiger partial charge >= 0.3 is 0 Å². The predicted octanol–water partition coefficient (Wildman–Crippen LogP) is 5.73. The maximum absolute atomic E-state index is 14.3. The molecule has 2 aromatic heterocycles. The van der Waals surface area contributed by atoms with Gasteiger partial charge in [-0.1, -0.05) is 0 Å². The molecule has 10 nitrogen and oxygen atoms in total. The summed E-state index contributed by atoms with van der Waals surface area (Å²) in [5.74, 6) is 1.67. The van der Waals surface area contributed by atoms with Crippen molar-refractivity contribution >= 4 is 11.7 Å². The quantitative estimate of drug-likeness (QED) is 0.257. The third-order valence-electron chi connectivity index (χ3n) is 10.8. The van der Waals surface area contributed by atoms with Gasteiger partial charge in [0.05, 0.1) is 17.5 Å². The molecule has 0 radical (unpaired) electrons. The van der Waals surface area contributed by atoms with E-state index < -0.39 is 5.82 Å². The molecule has 1 amide bonds. The van der Waals surface area contributed by atoms with Crippen molar-refractivity contribution in [3.63, 3.8) is 0 Å². The summed E-state index contributed by atoms with van der Waals surface area (Å²) in [6.07, 6.45) is 11.8. The SMILES string of the molecule is CCN(C(=O)c1cc(F)ccc1Oc1cncnc1N1CC2(CC(Oc3ccnc4c3[C@@H]3CC[C@@H](CCN(C)C)N3CC4)C2)C1)C(C)C. The average molecular weight is 658 g/mol. The van der Waals surface area contributed by atoms with Crippen LogP contribution < -0.4 is 14.4 Å². The summed E-state index contributed by atoms with van der Waals surface area (Å²) in [5, 5.41) is 0. The van der Waals surface area contributed by atoms with Crippen LogP contribution in [-0.4, -0.2) is 101 Å². The monoisotopic (exact) mass is 657 g/mol. The summed E-state index contributed by atoms with van der Waals surface area (Å²) in [6.45, 7) is 10.2. The first-order valence-electron chi connectivity index (χ1n) is 17.5. The van der Waals surface area contributed by atoms with Crippen molar-refractivity contribution in [3.05, 3.63) is 65.6 Å². The van der Waals surface area contributed by atoms with Crippen molar-refractivity contribution < 1.29 is 18.7 Å². The van der Waals surface area contributed by atoms with Crippen molar-refractivity contribution in [3.8, 4) is 17.2 Å². The van der Waals surface area contributed by atoms with Gasteiger partial charge in [-0.15, -0.1) is 0 Å². The first kappa shape index (κ1) is 32.7. The van der Waals surface area contributed by atoms with E-state index in [-0.39, 0.29) is 34.8 Å². The Morgan fingerprint density at radius 3 is 2.67 bits per heavy atom. The van der Waals surface area contributed by atoms with Crippen LogP contribution in [0.4, 0.5) is 10.2 Å². The number of aromatic nitrogens is 3. The molecule has 4 aliphatic rings. The molecule has 5 heterocycles. The largest absolute Gasteiger partial charge is 0.490 e. The molecule has 48 heavy (non-hydrogen) atoms. The number of hydrogen-bond acceptors (Lipinski definition) is 9. The van der Waals surface area contributed by atoms with Crippen LogP contribution in [0.5, 0.6) is 17.2 Å². The van der Waals surface area contributed by atoms with E-state index in [9.17, 15) is 9.18 Å². The standard InChI is InChI=1S/C37H48FN7O3/c1-6-44(24(2)3)36(46)28-17-25(38)7-10-31(28)48-33-20-39-23-41-35(33)43-21-37(22-43)18-27(19-37)47-32-11-14-40-29-13-16-45-26(12-15-42(4)5)8-9-30(45)34(29)32/h7,10-11,14,17,20,23-24,26-27,30H,6,8-9,12-13,15-16,18-19,21-22H2,1-5H3/t26-,30-/m0/s1. The second-order valence-electron chi connectivity index (χ2n) is 14.6. The molecule has 2 saturated heterocycles. The van der Waals surface area contributed by atoms with Crippen LogP contribution in [0.15, 0.2) is 43.0 Å². The van der Waals surface area contributed by atoms with Crippen molar-refractivity contribution in [2.45, 2.75) is 83.5 Å². The molecule has 3 fully saturated rings. The van der Waals surface area contributed by atoms with E-state index in [1.165, 1.54) is 55.0 Å². The van der Waals surface area contributed by atoms with Gasteiger partial charge < -0.3 is 24.2 Å². The summed E-state index contributed by atoms with van der Waals surface area (Å²) in [5.41, 5.74) is 2.89. The minimum Gasteiger partial charge on any atom is -0.490 e. The number of amides is 1. The van der Waals surface area contributed by atoms with E-state index in [0.29, 0.717) is 30.2 Å². The van der Waals surface area contributed by atoms with E-state index in [1.807, 2.05) is 27.0 Å². The molecule has 1 spiro atoms. The van der Waals surface area contributed by atoms with Gasteiger partial charge in [0.25, 0.3) is 5.91 Å². The van der Waals surface area contributed by atoms with E-state index >= 15 is 0 Å². The van der Waals surface area contributed by atoms with Crippen LogP contribution >= 0.6 is 0 Å². The van der Waals surface area contributed by atoms with Gasteiger partial charge in [0.1, 0.15) is 29.7 Å². The molecule has 3 aliphatic heterocycles. The van der Waals surface area contributed by atoms with Crippen molar-refractivity contribution in [2.75, 3.05) is 51.7 Å². The van der Waals surface area contributed by atoms with Gasteiger partial charge in [-0.3, -0.25) is 14.7 Å². The molecular formula is C37H48FN7O3. The Balaban J connectivity index is 0.999. The molecule has 256 valence electrons. The second-order valence-corrected chi connectivity index (χ2v) is 14.6. The molecule has 0 unspecified atom stereocenters. The predicted molar refractivity (Wildman–Crippen MR) is 182 cm³/mol. The highest BCUT2D eigenvalue weighted by Gasteiger charge is 2.54. The van der Waals surface area contributed by atoms with Gasteiger partial charge in [0, 0.05) is 67.9 Å². The minimum atomic E-state index is -0.487. The fourth-order valence-corrected chi connectivity index (χ4v) is 8.43. The van der Waals surface area contributed by atoms with Crippen LogP contribution in [0.25, 0.3) is 0 Å². The number of carbonyl (C=O) groups excluding carboxylic acids is 1. The Bertz CT molecular complexity index is 1640. The number of anilines is 1. The molecule has 1 saturated carbocycles. The normalized spacial score (nSPS) is 21.5. The van der Waals surface area contributed by atoms with Gasteiger partial charge in [-0.2, -0.15) is 0 Å². The summed E-state index contributed by atoms with van der Waals surface area (Å²) < 4.78 is 27.3. The van der Waals surface area contributed by atoms with E-state index in [0.717, 1.165) is 51.2 Å². The first-order chi connectivity index (χ1) is 23.1. The first-order valence-corrected chi connectivity index (χ1v) is 17.5. The minimum absolute atomic E-state index is 0.0337. The molecule has 7 rings (SSSR count). The lowest BCUT2D eigenvalue weighted by molar-refractivity contribution is -0.0356. The molecule has 1 aromatic carbocycles. The summed E-state index contributed by atoms with van der Waals surface area (Å²) >= 11 is 0. The van der Waals surface area contributed by atoms with Crippen molar-refractivity contribution in [2.24, 2.45) is 5.41 Å². The third kappa shape index (κ3) is 6.22. The Labute approximate surface area is 283 Å². The van der Waals surface area contributed by atoms with Gasteiger partial charge in [0.15, 0.2) is 11.6 Å². The zero-order valence-electron chi connectivity index (χ0n) is 28.9. The number of rotatable bonds is 11. The van der Waals surface area contributed by atoms with E-state index in [2.05, 4.69) is 44.8 Å². The molecule has 1 aliphatic carbocycles. The third-order valence-corrected chi connectivity index (χ3v) is 10.8. The highest BCUT2D eigenvalue weighted by Crippen LogP contribution is 2.53. The number of ether oxygens (including phenoxy) is 2. The fourth-order valence-electron chi connectivity index (χ4n) is 8.43. The van der Waals surface area contributed by atoms with Gasteiger partial charge in [-0.05, 0) is 97.8 Å². The lowest BCUT2D eigenvalue weighted by Crippen LogP contribution is -2.65. The fraction of sp³-hybridized carbons (Fsp3) is 0.568. The summed E-state index contributed by atoms with van der Waals surface area (Å²) in [7, 11) is 4.31. The number of fused-ring (bicyclic) bond motifs is 3. The molecule has 0 bridgehead atoms. The smallest absolute Gasteiger partial charge is 0.257 e. The van der Waals surface area contributed by atoms with Crippen LogP contribution in [0.3, 0.4) is 0 Å². The maximum Gasteiger partial charge on any atom is 0.257 e. The molecule has 0 N–H and O–H groups in total. The topological polar surface area (TPSA) is 87.2 Å². The Hall–Kier alpha value is -3.83. The van der Waals surface area contributed by atoms with E-state index in [1.54, 1.807) is 11.1 Å². The van der Waals surface area contributed by atoms with Crippen LogP contribution in [0, 0.1) is 11.2 Å². The number of hydrogen-bond donors (Lipinski definition) is 0. The molecule has 3 aromatic rings. The van der Waals surface area contributed by atoms with Crippen LogP contribution in [0.2, 0.25) is 0 Å². The molecule has 2 atom stereocenters. The molecule has 11 heteroatoms. The van der Waals surface area contributed by atoms with Crippen LogP contribution in [-0.2, 0) is 6.42 Å². The molecular weight excluding hydrogens is 609 g/mol. The van der Waals surface area contributed by atoms with Crippen LogP contribution in [0.1, 0.15) is 80.5 Å². The second kappa shape index (κ2) is 13.2. The van der Waals surface area contributed by atoms with Gasteiger partial charge in [-0.25, -0.2) is 14.4 Å². The zero-order chi connectivity index (χ0) is 33.6. The van der Waals surface area contributed by atoms with E-state index in [4.69, 9.17) is 14.5 Å². The highest BCUT2D eigenvalue weighted by atomic mass is 19.1. The lowest BCUT2D eigenvalue weighted by Gasteiger charge is -2.59. The number of carbonyl (C=O) groups is 1. The van der Waals surface area contributed by atoms with Gasteiger partial charge in [0.2, 0.25) is 0 Å². The number of pyridine rings is 1. The summed E-state index contributed by atoms with van der Waals surface area (Å²) in [6, 6.07) is 7.13. The van der Waals surface area contributed by atoms with Crippen molar-refractivity contribution in [1.82, 2.24) is 29.7 Å². The zero-order valence-corrected chi connectivity index (χ0v) is 28.9.